The van der Waals surface area contributed by atoms with Crippen molar-refractivity contribution >= 4 is 27.5 Å². The molecule has 0 atom stereocenters. The standard InChI is InChI=1S/C22H34N4O2S/c1-15-18-13-19(29-21(18)26(24-15)14-22(2,3)4)20(27)23-16-5-7-17(8-6-16)25-9-11-28-12-10-25/h13,16-17H,5-12,14H2,1-4H3,(H,23,27). The fourth-order valence-electron chi connectivity index (χ4n) is 4.57. The molecular formula is C22H34N4O2S. The van der Waals surface area contributed by atoms with E-state index >= 15 is 0 Å². The van der Waals surface area contributed by atoms with Gasteiger partial charge in [0.05, 0.1) is 23.8 Å². The second kappa shape index (κ2) is 8.36. The second-order valence-corrected chi connectivity index (χ2v) is 10.8. The lowest BCUT2D eigenvalue weighted by molar-refractivity contribution is 0.00665. The lowest BCUT2D eigenvalue weighted by atomic mass is 9.90. The van der Waals surface area contributed by atoms with Gasteiger partial charge in [0.15, 0.2) is 0 Å². The number of nitrogens with one attached hydrogen (secondary N) is 1. The van der Waals surface area contributed by atoms with E-state index in [9.17, 15) is 4.79 Å². The molecule has 1 amide bonds. The van der Waals surface area contributed by atoms with Crippen molar-refractivity contribution in [1.82, 2.24) is 20.0 Å². The molecule has 0 unspecified atom stereocenters. The van der Waals surface area contributed by atoms with Gasteiger partial charge in [-0.2, -0.15) is 5.10 Å². The van der Waals surface area contributed by atoms with Gasteiger partial charge in [-0.05, 0) is 44.1 Å². The highest BCUT2D eigenvalue weighted by molar-refractivity contribution is 7.20. The van der Waals surface area contributed by atoms with Crippen molar-refractivity contribution < 1.29 is 9.53 Å². The van der Waals surface area contributed by atoms with Crippen molar-refractivity contribution in [1.29, 1.82) is 0 Å². The molecule has 4 rings (SSSR count). The van der Waals surface area contributed by atoms with Crippen LogP contribution in [0.1, 0.15) is 61.8 Å². The monoisotopic (exact) mass is 418 g/mol. The van der Waals surface area contributed by atoms with Crippen LogP contribution in [0.3, 0.4) is 0 Å². The van der Waals surface area contributed by atoms with Crippen molar-refractivity contribution in [3.63, 3.8) is 0 Å². The summed E-state index contributed by atoms with van der Waals surface area (Å²) < 4.78 is 7.54. The third-order valence-corrected chi connectivity index (χ3v) is 7.20. The maximum Gasteiger partial charge on any atom is 0.261 e. The number of ether oxygens (including phenoxy) is 1. The Kier molecular flexibility index (Phi) is 6.00. The van der Waals surface area contributed by atoms with Gasteiger partial charge >= 0.3 is 0 Å². The Morgan fingerprint density at radius 3 is 2.59 bits per heavy atom. The number of aromatic nitrogens is 2. The fraction of sp³-hybridized carbons (Fsp3) is 0.727. The first-order chi connectivity index (χ1) is 13.8. The van der Waals surface area contributed by atoms with Gasteiger partial charge in [-0.1, -0.05) is 20.8 Å². The van der Waals surface area contributed by atoms with Crippen LogP contribution in [0.4, 0.5) is 0 Å². The average Bonchev–Trinajstić information content (AvgIpc) is 3.24. The molecule has 2 aromatic heterocycles. The molecule has 3 heterocycles. The Balaban J connectivity index is 1.37. The third-order valence-electron chi connectivity index (χ3n) is 6.05. The molecule has 0 spiro atoms. The molecular weight excluding hydrogens is 384 g/mol. The highest BCUT2D eigenvalue weighted by Crippen LogP contribution is 2.31. The van der Waals surface area contributed by atoms with E-state index in [-0.39, 0.29) is 17.4 Å². The van der Waals surface area contributed by atoms with Gasteiger partial charge in [-0.3, -0.25) is 14.4 Å². The van der Waals surface area contributed by atoms with Crippen LogP contribution in [-0.2, 0) is 11.3 Å². The Labute approximate surface area is 177 Å². The molecule has 0 aromatic carbocycles. The molecule has 160 valence electrons. The van der Waals surface area contributed by atoms with Crippen LogP contribution < -0.4 is 5.32 Å². The van der Waals surface area contributed by atoms with Crippen molar-refractivity contribution in [2.45, 2.75) is 72.0 Å². The Hall–Kier alpha value is -1.44. The van der Waals surface area contributed by atoms with E-state index in [4.69, 9.17) is 4.74 Å². The van der Waals surface area contributed by atoms with Gasteiger partial charge in [0.1, 0.15) is 4.83 Å². The number of rotatable bonds is 4. The number of fused-ring (bicyclic) bond motifs is 1. The molecule has 2 aliphatic rings. The number of morpholine rings is 1. The summed E-state index contributed by atoms with van der Waals surface area (Å²) in [6, 6.07) is 2.97. The minimum Gasteiger partial charge on any atom is -0.379 e. The quantitative estimate of drug-likeness (QED) is 0.820. The first kappa shape index (κ1) is 20.8. The van der Waals surface area contributed by atoms with Crippen LogP contribution in [0.25, 0.3) is 10.2 Å². The number of aryl methyl sites for hydroxylation is 1. The van der Waals surface area contributed by atoms with Crippen LogP contribution in [-0.4, -0.2) is 59.0 Å². The summed E-state index contributed by atoms with van der Waals surface area (Å²) in [6.45, 7) is 13.3. The van der Waals surface area contributed by atoms with Crippen molar-refractivity contribution in [2.75, 3.05) is 26.3 Å². The Bertz CT molecular complexity index is 852. The van der Waals surface area contributed by atoms with Crippen LogP contribution in [0, 0.1) is 12.3 Å². The molecule has 2 fully saturated rings. The lowest BCUT2D eigenvalue weighted by Crippen LogP contribution is -2.47. The Morgan fingerprint density at radius 1 is 1.24 bits per heavy atom. The fourth-order valence-corrected chi connectivity index (χ4v) is 5.63. The van der Waals surface area contributed by atoms with Gasteiger partial charge < -0.3 is 10.1 Å². The number of amides is 1. The second-order valence-electron chi connectivity index (χ2n) is 9.76. The molecule has 0 radical (unpaired) electrons. The first-order valence-corrected chi connectivity index (χ1v) is 11.7. The van der Waals surface area contributed by atoms with Gasteiger partial charge in [0, 0.05) is 37.1 Å². The normalized spacial score (nSPS) is 24.1. The zero-order chi connectivity index (χ0) is 20.6. The highest BCUT2D eigenvalue weighted by Gasteiger charge is 2.28. The van der Waals surface area contributed by atoms with Crippen LogP contribution in [0.2, 0.25) is 0 Å². The highest BCUT2D eigenvalue weighted by atomic mass is 32.1. The van der Waals surface area contributed by atoms with Crippen molar-refractivity contribution in [3.8, 4) is 0 Å². The third kappa shape index (κ3) is 4.84. The summed E-state index contributed by atoms with van der Waals surface area (Å²) in [4.78, 5) is 17.4. The predicted molar refractivity (Wildman–Crippen MR) is 118 cm³/mol. The molecule has 2 aromatic rings. The van der Waals surface area contributed by atoms with E-state index < -0.39 is 0 Å². The summed E-state index contributed by atoms with van der Waals surface area (Å²) in [7, 11) is 0. The number of thiophene rings is 1. The molecule has 7 heteroatoms. The van der Waals surface area contributed by atoms with Crippen LogP contribution >= 0.6 is 11.3 Å². The van der Waals surface area contributed by atoms with Gasteiger partial charge in [-0.15, -0.1) is 11.3 Å². The maximum atomic E-state index is 12.9. The van der Waals surface area contributed by atoms with Gasteiger partial charge in [0.25, 0.3) is 5.91 Å². The molecule has 1 saturated carbocycles. The van der Waals surface area contributed by atoms with Gasteiger partial charge in [-0.25, -0.2) is 0 Å². The maximum absolute atomic E-state index is 12.9. The largest absolute Gasteiger partial charge is 0.379 e. The minimum absolute atomic E-state index is 0.0720. The number of hydrogen-bond donors (Lipinski definition) is 1. The summed E-state index contributed by atoms with van der Waals surface area (Å²) in [5, 5.41) is 9.09. The van der Waals surface area contributed by atoms with Gasteiger partial charge in [0.2, 0.25) is 0 Å². The topological polar surface area (TPSA) is 59.4 Å². The Morgan fingerprint density at radius 2 is 1.93 bits per heavy atom. The smallest absolute Gasteiger partial charge is 0.261 e. The number of hydrogen-bond acceptors (Lipinski definition) is 5. The molecule has 6 nitrogen and oxygen atoms in total. The van der Waals surface area contributed by atoms with E-state index in [0.717, 1.165) is 79.3 Å². The summed E-state index contributed by atoms with van der Waals surface area (Å²) >= 11 is 1.57. The minimum atomic E-state index is 0.0720. The van der Waals surface area contributed by atoms with E-state index in [1.54, 1.807) is 11.3 Å². The van der Waals surface area contributed by atoms with E-state index in [1.807, 2.05) is 13.0 Å². The molecule has 1 aliphatic carbocycles. The number of nitrogens with zero attached hydrogens (tertiary/aromatic N) is 3. The number of carbonyl (C=O) groups excluding carboxylic acids is 1. The average molecular weight is 419 g/mol. The summed E-state index contributed by atoms with van der Waals surface area (Å²) in [5.74, 6) is 0.0720. The lowest BCUT2D eigenvalue weighted by Gasteiger charge is -2.38. The zero-order valence-electron chi connectivity index (χ0n) is 18.2. The summed E-state index contributed by atoms with van der Waals surface area (Å²) in [5.41, 5.74) is 1.15. The van der Waals surface area contributed by atoms with Crippen molar-refractivity contribution in [3.05, 3.63) is 16.6 Å². The predicted octanol–water partition coefficient (Wildman–Crippen LogP) is 3.83. The molecule has 29 heavy (non-hydrogen) atoms. The SMILES string of the molecule is Cc1nn(CC(C)(C)C)c2sc(C(=O)NC3CCC(N4CCOCC4)CC3)cc12. The van der Waals surface area contributed by atoms with Crippen LogP contribution in [0.5, 0.6) is 0 Å². The molecule has 1 saturated heterocycles. The van der Waals surface area contributed by atoms with E-state index in [0.29, 0.717) is 6.04 Å². The molecule has 1 N–H and O–H groups in total. The summed E-state index contributed by atoms with van der Waals surface area (Å²) in [6.07, 6.45) is 4.46. The molecule has 0 bridgehead atoms. The van der Waals surface area contributed by atoms with Crippen LogP contribution in [0.15, 0.2) is 6.07 Å². The van der Waals surface area contributed by atoms with E-state index in [2.05, 4.69) is 40.8 Å². The van der Waals surface area contributed by atoms with Crippen molar-refractivity contribution in [2.24, 2.45) is 5.41 Å². The molecule has 1 aliphatic heterocycles. The number of carbonyl (C=O) groups is 1. The van der Waals surface area contributed by atoms with E-state index in [1.165, 1.54) is 0 Å². The first-order valence-electron chi connectivity index (χ1n) is 10.9. The zero-order valence-corrected chi connectivity index (χ0v) is 19.0.